The van der Waals surface area contributed by atoms with Crippen LogP contribution in [0.15, 0.2) is 76.7 Å². The van der Waals surface area contributed by atoms with Crippen LogP contribution in [0.1, 0.15) is 22.3 Å². The minimum absolute atomic E-state index is 0.161. The molecule has 0 N–H and O–H groups in total. The predicted octanol–water partition coefficient (Wildman–Crippen LogP) is 5.15. The number of aryl methyl sites for hydroxylation is 1. The number of amides is 1. The summed E-state index contributed by atoms with van der Waals surface area (Å²) in [7, 11) is 3.20. The number of ether oxygens (including phenoxy) is 2. The molecule has 0 spiro atoms. The second-order valence-electron chi connectivity index (χ2n) is 8.18. The fourth-order valence-electron chi connectivity index (χ4n) is 4.23. The lowest BCUT2D eigenvalue weighted by atomic mass is 10.0. The molecule has 2 heterocycles. The molecule has 1 amide bonds. The van der Waals surface area contributed by atoms with Gasteiger partial charge in [0.1, 0.15) is 11.9 Å². The number of aliphatic imine (C=N–C) groups is 2. The summed E-state index contributed by atoms with van der Waals surface area (Å²) in [6, 6.07) is 21.6. The largest absolute Gasteiger partial charge is 0.493 e. The van der Waals surface area contributed by atoms with Crippen molar-refractivity contribution in [3.63, 3.8) is 0 Å². The Morgan fingerprint density at radius 3 is 2.38 bits per heavy atom. The van der Waals surface area contributed by atoms with Gasteiger partial charge in [0.15, 0.2) is 16.7 Å². The van der Waals surface area contributed by atoms with Crippen LogP contribution in [0.2, 0.25) is 0 Å². The summed E-state index contributed by atoms with van der Waals surface area (Å²) in [5, 5.41) is 0.758. The number of fused-ring (bicyclic) bond motifs is 3. The molecule has 1 unspecified atom stereocenters. The molecular weight excluding hydrogens is 446 g/mol. The highest BCUT2D eigenvalue weighted by Crippen LogP contribution is 2.41. The van der Waals surface area contributed by atoms with E-state index in [1.807, 2.05) is 59.5 Å². The van der Waals surface area contributed by atoms with E-state index >= 15 is 0 Å². The molecule has 6 nitrogen and oxygen atoms in total. The Kier molecular flexibility index (Phi) is 6.11. The van der Waals surface area contributed by atoms with Gasteiger partial charge in [-0.1, -0.05) is 66.4 Å². The molecule has 5 rings (SSSR count). The fraction of sp³-hybridized carbons (Fsp3) is 0.222. The summed E-state index contributed by atoms with van der Waals surface area (Å²) in [5.41, 5.74) is 5.02. The van der Waals surface area contributed by atoms with Crippen LogP contribution in [-0.2, 0) is 17.0 Å². The zero-order valence-electron chi connectivity index (χ0n) is 19.3. The van der Waals surface area contributed by atoms with Gasteiger partial charge in [0.2, 0.25) is 0 Å². The van der Waals surface area contributed by atoms with Gasteiger partial charge in [0.05, 0.1) is 19.9 Å². The molecule has 3 aromatic carbocycles. The molecule has 2 aliphatic heterocycles. The molecule has 0 fully saturated rings. The zero-order valence-corrected chi connectivity index (χ0v) is 20.1. The number of thioether (sulfide) groups is 1. The fourth-order valence-corrected chi connectivity index (χ4v) is 5.36. The van der Waals surface area contributed by atoms with Crippen LogP contribution in [0.5, 0.6) is 11.5 Å². The van der Waals surface area contributed by atoms with Crippen molar-refractivity contribution in [3.05, 3.63) is 89.0 Å². The van der Waals surface area contributed by atoms with Gasteiger partial charge < -0.3 is 9.47 Å². The first-order valence-corrected chi connectivity index (χ1v) is 12.1. The molecule has 7 heteroatoms. The highest BCUT2D eigenvalue weighted by molar-refractivity contribution is 8.13. The first kappa shape index (κ1) is 22.2. The van der Waals surface area contributed by atoms with E-state index in [1.54, 1.807) is 26.0 Å². The lowest BCUT2D eigenvalue weighted by Gasteiger charge is -2.31. The van der Waals surface area contributed by atoms with E-state index in [9.17, 15) is 4.79 Å². The zero-order chi connectivity index (χ0) is 23.7. The van der Waals surface area contributed by atoms with Crippen LogP contribution in [0, 0.1) is 6.92 Å². The van der Waals surface area contributed by atoms with E-state index in [-0.39, 0.29) is 5.91 Å². The van der Waals surface area contributed by atoms with E-state index in [4.69, 9.17) is 14.5 Å². The predicted molar refractivity (Wildman–Crippen MR) is 136 cm³/mol. The standard InChI is InChI=1S/C27H25N3O3S/c1-17-9-7-8-12-19(17)16-34-27-28-21-15-24(33-3)23(32-2)14-20(21)25-29-26(31)22(30(25)27)13-18-10-5-4-6-11-18/h4-12,14-15,22H,13,16H2,1-3H3. The average Bonchev–Trinajstić information content (AvgIpc) is 3.19. The second kappa shape index (κ2) is 9.35. The van der Waals surface area contributed by atoms with Gasteiger partial charge in [-0.15, -0.1) is 0 Å². The van der Waals surface area contributed by atoms with Crippen molar-refractivity contribution in [3.8, 4) is 11.5 Å². The van der Waals surface area contributed by atoms with Gasteiger partial charge in [-0.2, -0.15) is 4.99 Å². The number of rotatable bonds is 6. The van der Waals surface area contributed by atoms with Gasteiger partial charge >= 0.3 is 0 Å². The molecule has 34 heavy (non-hydrogen) atoms. The van der Waals surface area contributed by atoms with Gasteiger partial charge in [-0.3, -0.25) is 9.69 Å². The maximum atomic E-state index is 13.2. The maximum absolute atomic E-state index is 13.2. The molecule has 0 saturated carbocycles. The van der Waals surface area contributed by atoms with Crippen LogP contribution in [0.4, 0.5) is 5.69 Å². The molecule has 1 atom stereocenters. The Bertz CT molecular complexity index is 1300. The second-order valence-corrected chi connectivity index (χ2v) is 9.13. The Balaban J connectivity index is 1.56. The number of hydrogen-bond donors (Lipinski definition) is 0. The van der Waals surface area contributed by atoms with Crippen LogP contribution >= 0.6 is 11.8 Å². The first-order chi connectivity index (χ1) is 16.6. The maximum Gasteiger partial charge on any atom is 0.271 e. The highest BCUT2D eigenvalue weighted by Gasteiger charge is 2.42. The summed E-state index contributed by atoms with van der Waals surface area (Å²) in [4.78, 5) is 24.6. The minimum atomic E-state index is -0.443. The monoisotopic (exact) mass is 471 g/mol. The third-order valence-electron chi connectivity index (χ3n) is 6.10. The Labute approximate surface area is 203 Å². The van der Waals surface area contributed by atoms with Crippen LogP contribution < -0.4 is 9.47 Å². The number of benzene rings is 3. The van der Waals surface area contributed by atoms with E-state index in [1.165, 1.54) is 11.1 Å². The van der Waals surface area contributed by atoms with Gasteiger partial charge in [0, 0.05) is 23.8 Å². The SMILES string of the molecule is COc1cc2c(cc1OC)C1=NC(=O)C(Cc3ccccc3)N1C(SCc1ccccc1C)=N2. The number of methoxy groups -OCH3 is 2. The molecule has 0 radical (unpaired) electrons. The molecule has 3 aromatic rings. The lowest BCUT2D eigenvalue weighted by molar-refractivity contribution is -0.119. The summed E-state index contributed by atoms with van der Waals surface area (Å²) >= 11 is 1.62. The molecule has 172 valence electrons. The van der Waals surface area contributed by atoms with Crippen molar-refractivity contribution in [2.75, 3.05) is 14.2 Å². The third-order valence-corrected chi connectivity index (χ3v) is 7.10. The Hall–Kier alpha value is -3.58. The highest BCUT2D eigenvalue weighted by atomic mass is 32.2. The molecule has 0 bridgehead atoms. The summed E-state index contributed by atoms with van der Waals surface area (Å²) in [6.07, 6.45) is 0.555. The van der Waals surface area contributed by atoms with Gasteiger partial charge in [-0.25, -0.2) is 4.99 Å². The van der Waals surface area contributed by atoms with Crippen molar-refractivity contribution in [2.45, 2.75) is 25.1 Å². The number of hydrogen-bond acceptors (Lipinski definition) is 6. The quantitative estimate of drug-likeness (QED) is 0.498. The van der Waals surface area contributed by atoms with Gasteiger partial charge in [-0.05, 0) is 29.7 Å². The van der Waals surface area contributed by atoms with Crippen molar-refractivity contribution >= 4 is 34.4 Å². The normalized spacial score (nSPS) is 16.5. The lowest BCUT2D eigenvalue weighted by Crippen LogP contribution is -2.44. The minimum Gasteiger partial charge on any atom is -0.493 e. The topological polar surface area (TPSA) is 63.5 Å². The van der Waals surface area contributed by atoms with E-state index < -0.39 is 6.04 Å². The smallest absolute Gasteiger partial charge is 0.271 e. The first-order valence-electron chi connectivity index (χ1n) is 11.1. The molecule has 2 aliphatic rings. The van der Waals surface area contributed by atoms with Crippen LogP contribution in [0.25, 0.3) is 0 Å². The van der Waals surface area contributed by atoms with Crippen molar-refractivity contribution in [2.24, 2.45) is 9.98 Å². The number of amidine groups is 2. The molecular formula is C27H25N3O3S. The van der Waals surface area contributed by atoms with Gasteiger partial charge in [0.25, 0.3) is 5.91 Å². The summed E-state index contributed by atoms with van der Waals surface area (Å²) in [5.74, 6) is 2.36. The number of carbonyl (C=O) groups is 1. The molecule has 0 aromatic heterocycles. The molecule has 0 aliphatic carbocycles. The Morgan fingerprint density at radius 1 is 0.941 bits per heavy atom. The number of carbonyl (C=O) groups excluding carboxylic acids is 1. The summed E-state index contributed by atoms with van der Waals surface area (Å²) < 4.78 is 11.0. The van der Waals surface area contributed by atoms with E-state index in [0.717, 1.165) is 22.0 Å². The third kappa shape index (κ3) is 4.07. The van der Waals surface area contributed by atoms with E-state index in [2.05, 4.69) is 24.0 Å². The average molecular weight is 472 g/mol. The van der Waals surface area contributed by atoms with Crippen molar-refractivity contribution in [1.29, 1.82) is 0 Å². The van der Waals surface area contributed by atoms with Crippen molar-refractivity contribution in [1.82, 2.24) is 4.90 Å². The van der Waals surface area contributed by atoms with Crippen LogP contribution in [-0.4, -0.2) is 42.1 Å². The summed E-state index contributed by atoms with van der Waals surface area (Å²) in [6.45, 7) is 2.11. The van der Waals surface area contributed by atoms with E-state index in [0.29, 0.717) is 29.4 Å². The van der Waals surface area contributed by atoms with Crippen molar-refractivity contribution < 1.29 is 14.3 Å². The van der Waals surface area contributed by atoms with Crippen LogP contribution in [0.3, 0.4) is 0 Å². The molecule has 0 saturated heterocycles. The number of nitrogens with zero attached hydrogens (tertiary/aromatic N) is 3. The Morgan fingerprint density at radius 2 is 1.65 bits per heavy atom.